The Bertz CT molecular complexity index is 395. The first kappa shape index (κ1) is 13.8. The molecule has 0 bridgehead atoms. The molecule has 0 saturated carbocycles. The second kappa shape index (κ2) is 6.48. The fraction of sp³-hybridized carbons (Fsp3) is 0.643. The van der Waals surface area contributed by atoms with E-state index in [1.165, 1.54) is 0 Å². The normalized spacial score (nSPS) is 12.8. The van der Waals surface area contributed by atoms with Gasteiger partial charge in [-0.05, 0) is 31.7 Å². The summed E-state index contributed by atoms with van der Waals surface area (Å²) < 4.78 is 1.77. The molecule has 0 aliphatic heterocycles. The maximum atomic E-state index is 11.6. The lowest BCUT2D eigenvalue weighted by atomic mass is 10.1. The van der Waals surface area contributed by atoms with Crippen LogP contribution in [-0.2, 0) is 6.54 Å². The van der Waals surface area contributed by atoms with Crippen molar-refractivity contribution in [1.82, 2.24) is 4.57 Å². The van der Waals surface area contributed by atoms with Gasteiger partial charge in [0.2, 0.25) is 0 Å². The second-order valence-corrected chi connectivity index (χ2v) is 5.12. The van der Waals surface area contributed by atoms with Crippen LogP contribution in [0.5, 0.6) is 0 Å². The van der Waals surface area contributed by atoms with E-state index in [4.69, 9.17) is 0 Å². The molecule has 96 valence electrons. The molecule has 0 aliphatic carbocycles. The Balaban J connectivity index is 2.71. The molecule has 0 amide bonds. The van der Waals surface area contributed by atoms with Gasteiger partial charge in [0, 0.05) is 24.8 Å². The van der Waals surface area contributed by atoms with Crippen molar-refractivity contribution in [3.8, 4) is 0 Å². The van der Waals surface area contributed by atoms with Crippen molar-refractivity contribution < 1.29 is 0 Å². The van der Waals surface area contributed by atoms with Crippen molar-refractivity contribution in [3.05, 3.63) is 28.7 Å². The molecule has 0 aliphatic rings. The lowest BCUT2D eigenvalue weighted by molar-refractivity contribution is 0.539. The molecule has 1 N–H and O–H groups in total. The van der Waals surface area contributed by atoms with Gasteiger partial charge in [0.15, 0.2) is 0 Å². The van der Waals surface area contributed by atoms with Gasteiger partial charge >= 0.3 is 0 Å². The summed E-state index contributed by atoms with van der Waals surface area (Å²) >= 11 is 0. The van der Waals surface area contributed by atoms with Crippen LogP contribution in [0.15, 0.2) is 23.1 Å². The lowest BCUT2D eigenvalue weighted by Gasteiger charge is -2.18. The fourth-order valence-electron chi connectivity index (χ4n) is 2.08. The van der Waals surface area contributed by atoms with Gasteiger partial charge in [-0.15, -0.1) is 0 Å². The molecular formula is C14H24N2O. The molecule has 1 heterocycles. The molecule has 1 aromatic heterocycles. The fourth-order valence-corrected chi connectivity index (χ4v) is 2.08. The molecule has 1 unspecified atom stereocenters. The van der Waals surface area contributed by atoms with Crippen LogP contribution in [0.25, 0.3) is 0 Å². The minimum atomic E-state index is 0.0777. The largest absolute Gasteiger partial charge is 0.381 e. The molecule has 1 rings (SSSR count). The number of anilines is 1. The molecule has 1 atom stereocenters. The third-order valence-electron chi connectivity index (χ3n) is 2.69. The van der Waals surface area contributed by atoms with Crippen molar-refractivity contribution in [1.29, 1.82) is 0 Å². The van der Waals surface area contributed by atoms with Crippen LogP contribution >= 0.6 is 0 Å². The quantitative estimate of drug-likeness (QED) is 0.823. The van der Waals surface area contributed by atoms with Crippen LogP contribution in [0.2, 0.25) is 0 Å². The molecule has 0 saturated heterocycles. The van der Waals surface area contributed by atoms with Crippen molar-refractivity contribution in [2.45, 2.75) is 53.1 Å². The zero-order chi connectivity index (χ0) is 12.8. The van der Waals surface area contributed by atoms with E-state index >= 15 is 0 Å². The van der Waals surface area contributed by atoms with Gasteiger partial charge in [-0.2, -0.15) is 0 Å². The highest BCUT2D eigenvalue weighted by Gasteiger charge is 2.05. The van der Waals surface area contributed by atoms with Gasteiger partial charge in [0.05, 0.1) is 5.69 Å². The van der Waals surface area contributed by atoms with Gasteiger partial charge in [-0.25, -0.2) is 0 Å². The Morgan fingerprint density at radius 1 is 1.29 bits per heavy atom. The zero-order valence-electron chi connectivity index (χ0n) is 11.4. The summed E-state index contributed by atoms with van der Waals surface area (Å²) in [5.74, 6) is 0.680. The molecule has 1 aromatic rings. The van der Waals surface area contributed by atoms with Crippen molar-refractivity contribution >= 4 is 5.69 Å². The number of pyridine rings is 1. The highest BCUT2D eigenvalue weighted by Crippen LogP contribution is 2.11. The number of nitrogens with one attached hydrogen (secondary N) is 1. The Labute approximate surface area is 104 Å². The number of aryl methyl sites for hydroxylation is 1. The van der Waals surface area contributed by atoms with E-state index in [2.05, 4.69) is 33.0 Å². The van der Waals surface area contributed by atoms with E-state index in [0.717, 1.165) is 25.1 Å². The Morgan fingerprint density at radius 2 is 2.00 bits per heavy atom. The molecule has 0 spiro atoms. The first-order chi connectivity index (χ1) is 8.02. The number of hydrogen-bond donors (Lipinski definition) is 1. The number of aromatic nitrogens is 1. The molecular weight excluding hydrogens is 212 g/mol. The van der Waals surface area contributed by atoms with E-state index in [-0.39, 0.29) is 5.56 Å². The first-order valence-electron chi connectivity index (χ1n) is 6.50. The van der Waals surface area contributed by atoms with E-state index in [1.807, 2.05) is 12.3 Å². The van der Waals surface area contributed by atoms with Gasteiger partial charge in [0.1, 0.15) is 0 Å². The second-order valence-electron chi connectivity index (χ2n) is 5.12. The molecule has 3 nitrogen and oxygen atoms in total. The average Bonchev–Trinajstić information content (AvgIpc) is 2.22. The van der Waals surface area contributed by atoms with E-state index in [0.29, 0.717) is 12.0 Å². The predicted octanol–water partition coefficient (Wildman–Crippen LogP) is 3.10. The van der Waals surface area contributed by atoms with E-state index in [9.17, 15) is 4.79 Å². The summed E-state index contributed by atoms with van der Waals surface area (Å²) in [5.41, 5.74) is 1.11. The Kier molecular flexibility index (Phi) is 5.26. The van der Waals surface area contributed by atoms with Crippen LogP contribution in [0.4, 0.5) is 5.69 Å². The first-order valence-corrected chi connectivity index (χ1v) is 6.50. The summed E-state index contributed by atoms with van der Waals surface area (Å²) in [6.07, 6.45) is 4.03. The molecule has 0 radical (unpaired) electrons. The summed E-state index contributed by atoms with van der Waals surface area (Å²) in [5, 5.41) is 3.44. The van der Waals surface area contributed by atoms with Gasteiger partial charge in [-0.3, -0.25) is 4.79 Å². The minimum absolute atomic E-state index is 0.0777. The van der Waals surface area contributed by atoms with Gasteiger partial charge in [-0.1, -0.05) is 20.8 Å². The summed E-state index contributed by atoms with van der Waals surface area (Å²) in [4.78, 5) is 11.6. The lowest BCUT2D eigenvalue weighted by Crippen LogP contribution is -2.22. The van der Waals surface area contributed by atoms with Crippen LogP contribution in [0, 0.1) is 5.92 Å². The SMILES string of the molecule is CCCn1cc(NC(C)CC(C)C)ccc1=O. The topological polar surface area (TPSA) is 34.0 Å². The highest BCUT2D eigenvalue weighted by atomic mass is 16.1. The smallest absolute Gasteiger partial charge is 0.250 e. The molecule has 3 heteroatoms. The van der Waals surface area contributed by atoms with E-state index < -0.39 is 0 Å². The van der Waals surface area contributed by atoms with Crippen molar-refractivity contribution in [2.75, 3.05) is 5.32 Å². The number of nitrogens with zero attached hydrogens (tertiary/aromatic N) is 1. The minimum Gasteiger partial charge on any atom is -0.381 e. The van der Waals surface area contributed by atoms with Crippen LogP contribution < -0.4 is 10.9 Å². The monoisotopic (exact) mass is 236 g/mol. The third-order valence-corrected chi connectivity index (χ3v) is 2.69. The van der Waals surface area contributed by atoms with Crippen molar-refractivity contribution in [3.63, 3.8) is 0 Å². The maximum absolute atomic E-state index is 11.6. The standard InChI is InChI=1S/C14H24N2O/c1-5-8-16-10-13(6-7-14(16)17)15-12(4)9-11(2)3/h6-7,10-12,15H,5,8-9H2,1-4H3. The third kappa shape index (κ3) is 4.63. The number of hydrogen-bond acceptors (Lipinski definition) is 2. The highest BCUT2D eigenvalue weighted by molar-refractivity contribution is 5.41. The van der Waals surface area contributed by atoms with Crippen LogP contribution in [-0.4, -0.2) is 10.6 Å². The molecule has 0 fully saturated rings. The van der Waals surface area contributed by atoms with E-state index in [1.54, 1.807) is 10.6 Å². The van der Waals surface area contributed by atoms with Gasteiger partial charge in [0.25, 0.3) is 5.56 Å². The summed E-state index contributed by atoms with van der Waals surface area (Å²) in [6.45, 7) is 9.47. The maximum Gasteiger partial charge on any atom is 0.250 e. The molecule has 0 aromatic carbocycles. The number of rotatable bonds is 6. The Morgan fingerprint density at radius 3 is 2.59 bits per heavy atom. The molecule has 17 heavy (non-hydrogen) atoms. The van der Waals surface area contributed by atoms with Crippen LogP contribution in [0.1, 0.15) is 40.5 Å². The van der Waals surface area contributed by atoms with Gasteiger partial charge < -0.3 is 9.88 Å². The Hall–Kier alpha value is -1.25. The zero-order valence-corrected chi connectivity index (χ0v) is 11.4. The summed E-state index contributed by atoms with van der Waals surface area (Å²) in [6, 6.07) is 3.94. The average molecular weight is 236 g/mol. The van der Waals surface area contributed by atoms with Crippen molar-refractivity contribution in [2.24, 2.45) is 5.92 Å². The van der Waals surface area contributed by atoms with Crippen LogP contribution in [0.3, 0.4) is 0 Å². The summed E-state index contributed by atoms with van der Waals surface area (Å²) in [7, 11) is 0. The predicted molar refractivity (Wildman–Crippen MR) is 73.5 cm³/mol.